The average Bonchev–Trinajstić information content (AvgIpc) is 2.18. The van der Waals surface area contributed by atoms with Crippen molar-refractivity contribution in [1.29, 1.82) is 0 Å². The molecule has 0 saturated heterocycles. The number of hydrogen-bond acceptors (Lipinski definition) is 5. The molecule has 16 heavy (non-hydrogen) atoms. The molecule has 2 unspecified atom stereocenters. The zero-order valence-corrected chi connectivity index (χ0v) is 12.9. The molecule has 0 fully saturated rings. The van der Waals surface area contributed by atoms with Crippen LogP contribution in [0, 0.1) is 0 Å². The Morgan fingerprint density at radius 3 is 1.75 bits per heavy atom. The van der Waals surface area contributed by atoms with E-state index in [0.717, 1.165) is 0 Å². The predicted octanol–water partition coefficient (Wildman–Crippen LogP) is 1.08. The van der Waals surface area contributed by atoms with Crippen LogP contribution in [0.2, 0.25) is 0 Å². The van der Waals surface area contributed by atoms with Gasteiger partial charge in [-0.25, -0.2) is 0 Å². The van der Waals surface area contributed by atoms with Crippen molar-refractivity contribution in [3.05, 3.63) is 35.9 Å². The summed E-state index contributed by atoms with van der Waals surface area (Å²) in [6.07, 6.45) is 0. The summed E-state index contributed by atoms with van der Waals surface area (Å²) in [5.74, 6) is 0.612. The van der Waals surface area contributed by atoms with Crippen molar-refractivity contribution in [2.45, 2.75) is 5.88 Å². The normalized spacial score (nSPS) is 10.4. The molecular weight excluding hydrogens is 302 g/mol. The van der Waals surface area contributed by atoms with Gasteiger partial charge in [0.1, 0.15) is 4.31 Å². The van der Waals surface area contributed by atoms with Gasteiger partial charge in [-0.15, -0.1) is 11.6 Å². The van der Waals surface area contributed by atoms with E-state index in [0.29, 0.717) is 5.88 Å². The summed E-state index contributed by atoms with van der Waals surface area (Å²) in [4.78, 5) is 18.5. The Morgan fingerprint density at radius 2 is 1.56 bits per heavy atom. The first kappa shape index (κ1) is 19.2. The summed E-state index contributed by atoms with van der Waals surface area (Å²) in [7, 11) is -6.47. The van der Waals surface area contributed by atoms with Gasteiger partial charge in [0.25, 0.3) is 0 Å². The Morgan fingerprint density at radius 1 is 1.12 bits per heavy atom. The number of benzene rings is 1. The van der Waals surface area contributed by atoms with Crippen molar-refractivity contribution < 1.29 is 23.2 Å². The second-order valence-corrected chi connectivity index (χ2v) is 3.96. The topological polar surface area (TPSA) is 89.5 Å². The molecular formula is C7H7CaClO5P2+2. The molecule has 0 saturated carbocycles. The Bertz CT molecular complexity index is 312. The summed E-state index contributed by atoms with van der Waals surface area (Å²) in [5, 5.41) is 0. The van der Waals surface area contributed by atoms with Crippen molar-refractivity contribution in [2.24, 2.45) is 0 Å². The fourth-order valence-corrected chi connectivity index (χ4v) is 1.24. The molecule has 2 atom stereocenters. The van der Waals surface area contributed by atoms with Crippen molar-refractivity contribution in [3.8, 4) is 0 Å². The molecule has 0 aliphatic rings. The van der Waals surface area contributed by atoms with Crippen molar-refractivity contribution in [3.63, 3.8) is 0 Å². The van der Waals surface area contributed by atoms with Crippen LogP contribution < -0.4 is 9.79 Å². The third-order valence-electron chi connectivity index (χ3n) is 1.13. The molecule has 9 heteroatoms. The SMILES string of the molecule is ClCc1ccccc1.O=[P+]([O-])O[P+](=O)[O-].[Ca+2]. The summed E-state index contributed by atoms with van der Waals surface area (Å²) in [6.45, 7) is 0. The van der Waals surface area contributed by atoms with Gasteiger partial charge >= 0.3 is 54.2 Å². The smallest absolute Gasteiger partial charge is 0.563 e. The second kappa shape index (κ2) is 12.3. The monoisotopic (exact) mass is 308 g/mol. The van der Waals surface area contributed by atoms with E-state index < -0.39 is 16.5 Å². The minimum absolute atomic E-state index is 0. The van der Waals surface area contributed by atoms with E-state index in [1.165, 1.54) is 5.56 Å². The number of alkyl halides is 1. The molecule has 1 aromatic rings. The third kappa shape index (κ3) is 12.9. The van der Waals surface area contributed by atoms with Crippen molar-refractivity contribution in [1.82, 2.24) is 0 Å². The van der Waals surface area contributed by atoms with Crippen LogP contribution in [0.4, 0.5) is 0 Å². The van der Waals surface area contributed by atoms with E-state index in [-0.39, 0.29) is 37.7 Å². The first-order valence-corrected chi connectivity index (χ1v) is 6.35. The fourth-order valence-electron chi connectivity index (χ4n) is 0.622. The van der Waals surface area contributed by atoms with Crippen LogP contribution in [0.5, 0.6) is 0 Å². The van der Waals surface area contributed by atoms with E-state index in [4.69, 9.17) is 11.6 Å². The summed E-state index contributed by atoms with van der Waals surface area (Å²) in [5.41, 5.74) is 1.18. The van der Waals surface area contributed by atoms with Crippen LogP contribution in [-0.2, 0) is 19.3 Å². The average molecular weight is 309 g/mol. The first-order valence-electron chi connectivity index (χ1n) is 3.63. The number of hydrogen-bond donors (Lipinski definition) is 0. The molecule has 0 aliphatic heterocycles. The third-order valence-corrected chi connectivity index (χ3v) is 2.51. The van der Waals surface area contributed by atoms with Crippen molar-refractivity contribution in [2.75, 3.05) is 0 Å². The van der Waals surface area contributed by atoms with Crippen molar-refractivity contribution >= 4 is 65.8 Å². The maximum atomic E-state index is 9.24. The molecule has 0 spiro atoms. The molecule has 82 valence electrons. The maximum absolute atomic E-state index is 9.24. The first-order chi connectivity index (χ1) is 7.06. The Hall–Kier alpha value is 0.850. The molecule has 1 aromatic carbocycles. The standard InChI is InChI=1S/C7H7Cl.Ca.O5P2/c8-6-7-4-2-1-3-5-7;;1-6(2)5-7(3)4/h1-5H,6H2;;/q;+2;. The molecule has 0 aliphatic carbocycles. The van der Waals surface area contributed by atoms with Gasteiger partial charge in [-0.3, -0.25) is 0 Å². The molecule has 0 aromatic heterocycles. The zero-order chi connectivity index (χ0) is 11.7. The van der Waals surface area contributed by atoms with Crippen LogP contribution >= 0.6 is 28.1 Å². The van der Waals surface area contributed by atoms with Crippen LogP contribution in [0.25, 0.3) is 0 Å². The predicted molar refractivity (Wildman–Crippen MR) is 58.1 cm³/mol. The Kier molecular flexibility index (Phi) is 14.8. The van der Waals surface area contributed by atoms with E-state index in [9.17, 15) is 18.9 Å². The Balaban J connectivity index is 0. The zero-order valence-electron chi connectivity index (χ0n) is 8.11. The molecule has 0 N–H and O–H groups in total. The van der Waals surface area contributed by atoms with E-state index in [2.05, 4.69) is 4.31 Å². The summed E-state index contributed by atoms with van der Waals surface area (Å²) in [6, 6.07) is 9.96. The van der Waals surface area contributed by atoms with E-state index in [1.54, 1.807) is 0 Å². The quantitative estimate of drug-likeness (QED) is 0.473. The minimum atomic E-state index is -3.24. The maximum Gasteiger partial charge on any atom is 2.00 e. The van der Waals surface area contributed by atoms with Gasteiger partial charge < -0.3 is 9.79 Å². The van der Waals surface area contributed by atoms with Crippen LogP contribution in [0.1, 0.15) is 5.56 Å². The molecule has 0 amide bonds. The number of rotatable bonds is 3. The van der Waals surface area contributed by atoms with Gasteiger partial charge in [-0.2, -0.15) is 0 Å². The fraction of sp³-hybridized carbons (Fsp3) is 0.143. The van der Waals surface area contributed by atoms with Crippen LogP contribution in [0.3, 0.4) is 0 Å². The largest absolute Gasteiger partial charge is 2.00 e. The summed E-state index contributed by atoms with van der Waals surface area (Å²) >= 11 is 5.53. The van der Waals surface area contributed by atoms with Crippen LogP contribution in [0.15, 0.2) is 30.3 Å². The molecule has 0 radical (unpaired) electrons. The van der Waals surface area contributed by atoms with Gasteiger partial charge in [0.15, 0.2) is 0 Å². The van der Waals surface area contributed by atoms with Gasteiger partial charge in [0.2, 0.25) is 0 Å². The second-order valence-electron chi connectivity index (χ2n) is 2.15. The van der Waals surface area contributed by atoms with E-state index in [1.807, 2.05) is 30.3 Å². The molecule has 1 rings (SSSR count). The van der Waals surface area contributed by atoms with E-state index >= 15 is 0 Å². The molecule has 5 nitrogen and oxygen atoms in total. The van der Waals surface area contributed by atoms with Gasteiger partial charge in [0.05, 0.1) is 0 Å². The molecule has 0 bridgehead atoms. The summed E-state index contributed by atoms with van der Waals surface area (Å²) < 4.78 is 21.6. The van der Waals surface area contributed by atoms with Gasteiger partial charge in [-0.05, 0) is 14.7 Å². The van der Waals surface area contributed by atoms with Gasteiger partial charge in [-0.1, -0.05) is 30.3 Å². The van der Waals surface area contributed by atoms with Gasteiger partial charge in [0, 0.05) is 5.88 Å². The Labute approximate surface area is 130 Å². The van der Waals surface area contributed by atoms with Crippen LogP contribution in [-0.4, -0.2) is 37.7 Å². The minimum Gasteiger partial charge on any atom is -0.563 e. The number of halogens is 1. The molecule has 0 heterocycles.